The van der Waals surface area contributed by atoms with Gasteiger partial charge < -0.3 is 23.7 Å². The molecule has 0 aromatic carbocycles. The van der Waals surface area contributed by atoms with Gasteiger partial charge in [-0.2, -0.15) is 0 Å². The zero-order chi connectivity index (χ0) is 15.4. The van der Waals surface area contributed by atoms with E-state index < -0.39 is 17.9 Å². The van der Waals surface area contributed by atoms with Gasteiger partial charge in [0.05, 0.1) is 6.10 Å². The molecule has 3 saturated heterocycles. The van der Waals surface area contributed by atoms with Crippen LogP contribution in [0.25, 0.3) is 0 Å². The summed E-state index contributed by atoms with van der Waals surface area (Å²) in [5, 5.41) is 0.0550. The standard InChI is InChI=1S/C14H22O6S/c1-7(15)21-6-8-9-10(18-13(2,3)17-9)11-12(16-8)20-14(4,5)19-11/h8-12H,6H2,1-5H3/t8-,9+,10?,11-,12?/m1/s1. The van der Waals surface area contributed by atoms with E-state index in [0.29, 0.717) is 5.75 Å². The summed E-state index contributed by atoms with van der Waals surface area (Å²) in [6, 6.07) is 0. The predicted molar refractivity (Wildman–Crippen MR) is 75.7 cm³/mol. The zero-order valence-corrected chi connectivity index (χ0v) is 13.8. The van der Waals surface area contributed by atoms with Gasteiger partial charge >= 0.3 is 0 Å². The number of rotatable bonds is 2. The van der Waals surface area contributed by atoms with E-state index in [1.165, 1.54) is 11.8 Å². The number of hydrogen-bond acceptors (Lipinski definition) is 7. The van der Waals surface area contributed by atoms with E-state index in [0.717, 1.165) is 0 Å². The Balaban J connectivity index is 1.80. The Bertz CT molecular complexity index is 437. The number of fused-ring (bicyclic) bond motifs is 3. The first kappa shape index (κ1) is 15.7. The lowest BCUT2D eigenvalue weighted by molar-refractivity contribution is -0.228. The quantitative estimate of drug-likeness (QED) is 0.767. The molecule has 7 heteroatoms. The van der Waals surface area contributed by atoms with Crippen LogP contribution in [0.4, 0.5) is 0 Å². The van der Waals surface area contributed by atoms with Gasteiger partial charge in [0.15, 0.2) is 23.0 Å². The fourth-order valence-corrected chi connectivity index (χ4v) is 3.69. The van der Waals surface area contributed by atoms with Crippen molar-refractivity contribution in [1.29, 1.82) is 0 Å². The molecule has 2 unspecified atom stereocenters. The van der Waals surface area contributed by atoms with Crippen LogP contribution in [0.15, 0.2) is 0 Å². The first-order valence-electron chi connectivity index (χ1n) is 7.17. The Kier molecular flexibility index (Phi) is 3.87. The Hall–Kier alpha value is -0.180. The van der Waals surface area contributed by atoms with Crippen molar-refractivity contribution in [2.24, 2.45) is 0 Å². The zero-order valence-electron chi connectivity index (χ0n) is 13.0. The van der Waals surface area contributed by atoms with Gasteiger partial charge in [-0.15, -0.1) is 0 Å². The minimum Gasteiger partial charge on any atom is -0.343 e. The molecule has 3 aliphatic rings. The van der Waals surface area contributed by atoms with Crippen LogP contribution in [0.2, 0.25) is 0 Å². The summed E-state index contributed by atoms with van der Waals surface area (Å²) in [7, 11) is 0. The highest BCUT2D eigenvalue weighted by molar-refractivity contribution is 8.13. The van der Waals surface area contributed by atoms with E-state index in [9.17, 15) is 4.79 Å². The molecule has 0 spiro atoms. The molecule has 0 saturated carbocycles. The van der Waals surface area contributed by atoms with Gasteiger partial charge in [-0.05, 0) is 27.7 Å². The molecular weight excluding hydrogens is 296 g/mol. The van der Waals surface area contributed by atoms with Gasteiger partial charge in [0.1, 0.15) is 18.3 Å². The lowest BCUT2D eigenvalue weighted by atomic mass is 10.00. The molecule has 0 bridgehead atoms. The average Bonchev–Trinajstić information content (AvgIpc) is 2.80. The summed E-state index contributed by atoms with van der Waals surface area (Å²) in [5.41, 5.74) is 0. The molecule has 0 aromatic heterocycles. The van der Waals surface area contributed by atoms with E-state index in [-0.39, 0.29) is 29.5 Å². The second kappa shape index (κ2) is 5.18. The van der Waals surface area contributed by atoms with Crippen molar-refractivity contribution in [1.82, 2.24) is 0 Å². The Morgan fingerprint density at radius 3 is 2.19 bits per heavy atom. The smallest absolute Gasteiger partial charge is 0.190 e. The first-order chi connectivity index (χ1) is 9.67. The second-order valence-electron chi connectivity index (χ2n) is 6.51. The molecule has 3 heterocycles. The van der Waals surface area contributed by atoms with Crippen LogP contribution in [0.5, 0.6) is 0 Å². The molecular formula is C14H22O6S. The Morgan fingerprint density at radius 2 is 1.52 bits per heavy atom. The van der Waals surface area contributed by atoms with Crippen LogP contribution in [-0.2, 0) is 28.5 Å². The van der Waals surface area contributed by atoms with Crippen LogP contribution in [0, 0.1) is 0 Å². The summed E-state index contributed by atoms with van der Waals surface area (Å²) in [6.07, 6.45) is -1.57. The number of hydrogen-bond donors (Lipinski definition) is 0. The van der Waals surface area contributed by atoms with Gasteiger partial charge in [0.25, 0.3) is 0 Å². The minimum absolute atomic E-state index is 0.0550. The van der Waals surface area contributed by atoms with Gasteiger partial charge in [-0.1, -0.05) is 11.8 Å². The largest absolute Gasteiger partial charge is 0.343 e. The van der Waals surface area contributed by atoms with Crippen LogP contribution < -0.4 is 0 Å². The van der Waals surface area contributed by atoms with E-state index in [1.807, 2.05) is 27.7 Å². The minimum atomic E-state index is -0.710. The Labute approximate surface area is 128 Å². The molecule has 0 amide bonds. The number of ether oxygens (including phenoxy) is 5. The second-order valence-corrected chi connectivity index (χ2v) is 7.71. The summed E-state index contributed by atoms with van der Waals surface area (Å²) >= 11 is 1.23. The fourth-order valence-electron chi connectivity index (χ4n) is 3.03. The summed E-state index contributed by atoms with van der Waals surface area (Å²) < 4.78 is 29.6. The van der Waals surface area contributed by atoms with Crippen molar-refractivity contribution in [2.75, 3.05) is 5.75 Å². The summed E-state index contributed by atoms with van der Waals surface area (Å²) in [5.74, 6) is -0.885. The molecule has 3 rings (SSSR count). The van der Waals surface area contributed by atoms with E-state index in [2.05, 4.69) is 0 Å². The highest BCUT2D eigenvalue weighted by atomic mass is 32.2. The van der Waals surface area contributed by atoms with Gasteiger partial charge in [-0.3, -0.25) is 4.79 Å². The number of carbonyl (C=O) groups is 1. The monoisotopic (exact) mass is 318 g/mol. The predicted octanol–water partition coefficient (Wildman–Crippen LogP) is 1.66. The maximum absolute atomic E-state index is 11.2. The highest BCUT2D eigenvalue weighted by Crippen LogP contribution is 2.44. The number of carbonyl (C=O) groups excluding carboxylic acids is 1. The van der Waals surface area contributed by atoms with Crippen LogP contribution in [0.1, 0.15) is 34.6 Å². The van der Waals surface area contributed by atoms with Gasteiger partial charge in [-0.25, -0.2) is 0 Å². The topological polar surface area (TPSA) is 63.2 Å². The molecule has 3 fully saturated rings. The highest BCUT2D eigenvalue weighted by Gasteiger charge is 2.60. The third-order valence-electron chi connectivity index (χ3n) is 3.70. The van der Waals surface area contributed by atoms with Crippen LogP contribution in [0.3, 0.4) is 0 Å². The van der Waals surface area contributed by atoms with Crippen molar-refractivity contribution in [2.45, 2.75) is 76.9 Å². The van der Waals surface area contributed by atoms with Gasteiger partial charge in [0, 0.05) is 12.7 Å². The lowest BCUT2D eigenvalue weighted by Gasteiger charge is -2.37. The van der Waals surface area contributed by atoms with Gasteiger partial charge in [0.2, 0.25) is 0 Å². The van der Waals surface area contributed by atoms with Crippen molar-refractivity contribution in [3.8, 4) is 0 Å². The first-order valence-corrected chi connectivity index (χ1v) is 8.15. The van der Waals surface area contributed by atoms with Crippen molar-refractivity contribution < 1.29 is 28.5 Å². The summed E-state index contributed by atoms with van der Waals surface area (Å²) in [4.78, 5) is 11.2. The Morgan fingerprint density at radius 1 is 0.952 bits per heavy atom. The molecule has 0 radical (unpaired) electrons. The van der Waals surface area contributed by atoms with Crippen LogP contribution in [-0.4, -0.2) is 53.1 Å². The SMILES string of the molecule is CC(=O)SC[C@H]1OC2OC(C)(C)O[C@@H]2C2OC(C)(C)O[C@H]21. The number of thioether (sulfide) groups is 1. The maximum atomic E-state index is 11.2. The van der Waals surface area contributed by atoms with E-state index >= 15 is 0 Å². The third kappa shape index (κ3) is 3.13. The molecule has 0 N–H and O–H groups in total. The summed E-state index contributed by atoms with van der Waals surface area (Å²) in [6.45, 7) is 8.99. The molecule has 0 aliphatic carbocycles. The average molecular weight is 318 g/mol. The molecule has 120 valence electrons. The van der Waals surface area contributed by atoms with Crippen molar-refractivity contribution >= 4 is 16.9 Å². The normalized spacial score (nSPS) is 43.4. The molecule has 3 aliphatic heterocycles. The van der Waals surface area contributed by atoms with Crippen molar-refractivity contribution in [3.05, 3.63) is 0 Å². The fraction of sp³-hybridized carbons (Fsp3) is 0.929. The lowest BCUT2D eigenvalue weighted by Crippen LogP contribution is -2.55. The molecule has 21 heavy (non-hydrogen) atoms. The van der Waals surface area contributed by atoms with E-state index in [1.54, 1.807) is 6.92 Å². The maximum Gasteiger partial charge on any atom is 0.190 e. The molecule has 5 atom stereocenters. The van der Waals surface area contributed by atoms with Crippen molar-refractivity contribution in [3.63, 3.8) is 0 Å². The molecule has 6 nitrogen and oxygen atoms in total. The third-order valence-corrected chi connectivity index (χ3v) is 4.60. The van der Waals surface area contributed by atoms with Crippen LogP contribution >= 0.6 is 11.8 Å². The molecule has 0 aromatic rings. The van der Waals surface area contributed by atoms with E-state index in [4.69, 9.17) is 23.7 Å².